The van der Waals surface area contributed by atoms with E-state index in [4.69, 9.17) is 5.11 Å². The summed E-state index contributed by atoms with van der Waals surface area (Å²) in [5.41, 5.74) is 0. The Balaban J connectivity index is 1.79. The fourth-order valence-corrected chi connectivity index (χ4v) is 3.37. The van der Waals surface area contributed by atoms with Gasteiger partial charge >= 0.3 is 12.0 Å². The number of urea groups is 1. The average molecular weight is 297 g/mol. The van der Waals surface area contributed by atoms with Crippen molar-refractivity contribution in [3.8, 4) is 0 Å². The number of nitrogens with zero attached hydrogens (tertiary/aromatic N) is 3. The zero-order valence-corrected chi connectivity index (χ0v) is 13.0. The Bertz CT molecular complexity index is 361. The molecule has 2 aliphatic rings. The number of carbonyl (C=O) groups is 2. The molecule has 6 nitrogen and oxygen atoms in total. The van der Waals surface area contributed by atoms with E-state index in [0.29, 0.717) is 13.1 Å². The molecule has 0 unspecified atom stereocenters. The minimum atomic E-state index is -0.854. The summed E-state index contributed by atoms with van der Waals surface area (Å²) in [7, 11) is 0. The van der Waals surface area contributed by atoms with Crippen molar-refractivity contribution in [3.05, 3.63) is 0 Å². The van der Waals surface area contributed by atoms with Gasteiger partial charge in [0, 0.05) is 45.3 Å². The van der Waals surface area contributed by atoms with E-state index < -0.39 is 5.97 Å². The highest BCUT2D eigenvalue weighted by molar-refractivity contribution is 5.75. The Hall–Kier alpha value is -1.30. The lowest BCUT2D eigenvalue weighted by atomic mass is 10.2. The third-order valence-electron chi connectivity index (χ3n) is 4.67. The molecule has 2 amide bonds. The fourth-order valence-electron chi connectivity index (χ4n) is 3.37. The normalized spacial score (nSPS) is 20.7. The first-order valence-electron chi connectivity index (χ1n) is 8.11. The standard InChI is InChI=1S/C15H27N3O3/c1-2-16(8-7-14(19)20)15(21)18-11-9-17(10-12-18)13-5-3-4-6-13/h13H,2-12H2,1H3,(H,19,20). The molecule has 21 heavy (non-hydrogen) atoms. The van der Waals surface area contributed by atoms with Gasteiger partial charge in [-0.25, -0.2) is 4.79 Å². The van der Waals surface area contributed by atoms with Gasteiger partial charge in [0.1, 0.15) is 0 Å². The van der Waals surface area contributed by atoms with Crippen molar-refractivity contribution in [3.63, 3.8) is 0 Å². The highest BCUT2D eigenvalue weighted by Gasteiger charge is 2.29. The second-order valence-electron chi connectivity index (χ2n) is 5.97. The zero-order valence-electron chi connectivity index (χ0n) is 13.0. The summed E-state index contributed by atoms with van der Waals surface area (Å²) in [5.74, 6) is -0.854. The summed E-state index contributed by atoms with van der Waals surface area (Å²) >= 11 is 0. The Kier molecular flexibility index (Phi) is 5.85. The summed E-state index contributed by atoms with van der Waals surface area (Å²) < 4.78 is 0. The Labute approximate surface area is 126 Å². The van der Waals surface area contributed by atoms with Crippen molar-refractivity contribution >= 4 is 12.0 Å². The van der Waals surface area contributed by atoms with Crippen molar-refractivity contribution in [2.45, 2.75) is 45.1 Å². The van der Waals surface area contributed by atoms with Crippen LogP contribution in [0.4, 0.5) is 4.79 Å². The van der Waals surface area contributed by atoms with Gasteiger partial charge in [0.2, 0.25) is 0 Å². The first kappa shape index (κ1) is 16.1. The van der Waals surface area contributed by atoms with Crippen molar-refractivity contribution in [1.82, 2.24) is 14.7 Å². The number of carboxylic acids is 1. The van der Waals surface area contributed by atoms with Crippen LogP contribution in [-0.2, 0) is 4.79 Å². The lowest BCUT2D eigenvalue weighted by Gasteiger charge is -2.39. The maximum Gasteiger partial charge on any atom is 0.320 e. The number of hydrogen-bond donors (Lipinski definition) is 1. The highest BCUT2D eigenvalue weighted by atomic mass is 16.4. The van der Waals surface area contributed by atoms with Crippen molar-refractivity contribution < 1.29 is 14.7 Å². The molecule has 0 aromatic rings. The van der Waals surface area contributed by atoms with E-state index in [1.165, 1.54) is 25.7 Å². The predicted molar refractivity (Wildman–Crippen MR) is 80.3 cm³/mol. The van der Waals surface area contributed by atoms with Gasteiger partial charge in [0.25, 0.3) is 0 Å². The van der Waals surface area contributed by atoms with Crippen LogP contribution in [0.15, 0.2) is 0 Å². The molecule has 0 bridgehead atoms. The number of carbonyl (C=O) groups excluding carboxylic acids is 1. The molecule has 0 spiro atoms. The third-order valence-corrected chi connectivity index (χ3v) is 4.67. The minimum Gasteiger partial charge on any atom is -0.481 e. The van der Waals surface area contributed by atoms with Crippen LogP contribution < -0.4 is 0 Å². The highest BCUT2D eigenvalue weighted by Crippen LogP contribution is 2.24. The SMILES string of the molecule is CCN(CCC(=O)O)C(=O)N1CCN(C2CCCC2)CC1. The van der Waals surface area contributed by atoms with E-state index >= 15 is 0 Å². The molecule has 120 valence electrons. The van der Waals surface area contributed by atoms with Gasteiger partial charge < -0.3 is 14.9 Å². The van der Waals surface area contributed by atoms with E-state index in [0.717, 1.165) is 32.2 Å². The first-order chi connectivity index (χ1) is 10.1. The number of piperazine rings is 1. The monoisotopic (exact) mass is 297 g/mol. The largest absolute Gasteiger partial charge is 0.481 e. The molecule has 1 saturated carbocycles. The van der Waals surface area contributed by atoms with Crippen LogP contribution in [-0.4, -0.2) is 77.1 Å². The van der Waals surface area contributed by atoms with Crippen LogP contribution >= 0.6 is 0 Å². The summed E-state index contributed by atoms with van der Waals surface area (Å²) in [4.78, 5) is 29.1. The topological polar surface area (TPSA) is 64.1 Å². The smallest absolute Gasteiger partial charge is 0.320 e. The molecule has 0 aromatic heterocycles. The van der Waals surface area contributed by atoms with Crippen molar-refractivity contribution in [2.75, 3.05) is 39.3 Å². The van der Waals surface area contributed by atoms with Gasteiger partial charge in [-0.05, 0) is 19.8 Å². The molecule has 0 radical (unpaired) electrons. The summed E-state index contributed by atoms with van der Waals surface area (Å²) in [6, 6.07) is 0.710. The Morgan fingerprint density at radius 2 is 1.76 bits per heavy atom. The van der Waals surface area contributed by atoms with Crippen LogP contribution in [0.25, 0.3) is 0 Å². The van der Waals surface area contributed by atoms with Crippen LogP contribution in [0.3, 0.4) is 0 Å². The summed E-state index contributed by atoms with van der Waals surface area (Å²) in [6.45, 7) is 6.19. The lowest BCUT2D eigenvalue weighted by molar-refractivity contribution is -0.137. The van der Waals surface area contributed by atoms with Gasteiger partial charge in [-0.1, -0.05) is 12.8 Å². The Morgan fingerprint density at radius 3 is 2.29 bits per heavy atom. The summed E-state index contributed by atoms with van der Waals surface area (Å²) in [6.07, 6.45) is 5.29. The second-order valence-corrected chi connectivity index (χ2v) is 5.97. The molecule has 1 saturated heterocycles. The molecule has 0 atom stereocenters. The van der Waals surface area contributed by atoms with Gasteiger partial charge in [-0.15, -0.1) is 0 Å². The molecule has 0 aromatic carbocycles. The molecular weight excluding hydrogens is 270 g/mol. The third kappa shape index (κ3) is 4.33. The molecule has 1 N–H and O–H groups in total. The maximum absolute atomic E-state index is 12.4. The predicted octanol–water partition coefficient (Wildman–Crippen LogP) is 1.46. The number of rotatable bonds is 5. The maximum atomic E-state index is 12.4. The van der Waals surface area contributed by atoms with Crippen LogP contribution in [0.2, 0.25) is 0 Å². The van der Waals surface area contributed by atoms with E-state index in [9.17, 15) is 9.59 Å². The van der Waals surface area contributed by atoms with E-state index in [1.54, 1.807) is 4.90 Å². The zero-order chi connectivity index (χ0) is 15.2. The molecule has 1 aliphatic heterocycles. The van der Waals surface area contributed by atoms with Crippen molar-refractivity contribution in [2.24, 2.45) is 0 Å². The summed E-state index contributed by atoms with van der Waals surface area (Å²) in [5, 5.41) is 8.75. The van der Waals surface area contributed by atoms with Crippen molar-refractivity contribution in [1.29, 1.82) is 0 Å². The molecule has 1 aliphatic carbocycles. The van der Waals surface area contributed by atoms with E-state index in [-0.39, 0.29) is 12.5 Å². The fraction of sp³-hybridized carbons (Fsp3) is 0.867. The quantitative estimate of drug-likeness (QED) is 0.834. The first-order valence-corrected chi connectivity index (χ1v) is 8.11. The van der Waals surface area contributed by atoms with Gasteiger partial charge in [0.05, 0.1) is 6.42 Å². The van der Waals surface area contributed by atoms with Gasteiger partial charge in [-0.2, -0.15) is 0 Å². The second kappa shape index (κ2) is 7.64. The van der Waals surface area contributed by atoms with E-state index in [2.05, 4.69) is 4.90 Å². The minimum absolute atomic E-state index is 0.00942. The Morgan fingerprint density at radius 1 is 1.14 bits per heavy atom. The molecule has 2 rings (SSSR count). The number of aliphatic carboxylic acids is 1. The van der Waals surface area contributed by atoms with Crippen LogP contribution in [0.5, 0.6) is 0 Å². The number of carboxylic acid groups (broad SMARTS) is 1. The van der Waals surface area contributed by atoms with Gasteiger partial charge in [0.15, 0.2) is 0 Å². The lowest BCUT2D eigenvalue weighted by Crippen LogP contribution is -2.54. The average Bonchev–Trinajstić information content (AvgIpc) is 3.02. The van der Waals surface area contributed by atoms with Crippen LogP contribution in [0.1, 0.15) is 39.0 Å². The van der Waals surface area contributed by atoms with Gasteiger partial charge in [-0.3, -0.25) is 9.69 Å². The number of hydrogen-bond acceptors (Lipinski definition) is 3. The molecule has 6 heteroatoms. The molecule has 1 heterocycles. The van der Waals surface area contributed by atoms with Crippen LogP contribution in [0, 0.1) is 0 Å². The van der Waals surface area contributed by atoms with E-state index in [1.807, 2.05) is 11.8 Å². The molecular formula is C15H27N3O3. The molecule has 2 fully saturated rings. The number of amides is 2.